The number of aromatic nitrogens is 4. The molecule has 3 rings (SSSR count). The van der Waals surface area contributed by atoms with E-state index in [1.165, 1.54) is 0 Å². The van der Waals surface area contributed by atoms with E-state index in [0.29, 0.717) is 6.54 Å². The van der Waals surface area contributed by atoms with Gasteiger partial charge in [0.05, 0.1) is 6.54 Å². The van der Waals surface area contributed by atoms with Gasteiger partial charge in [-0.15, -0.1) is 5.10 Å². The van der Waals surface area contributed by atoms with Gasteiger partial charge in [0.2, 0.25) is 0 Å². The van der Waals surface area contributed by atoms with Crippen LogP contribution in [0.25, 0.3) is 0 Å². The van der Waals surface area contributed by atoms with Crippen LogP contribution in [0, 0.1) is 0 Å². The van der Waals surface area contributed by atoms with Crippen molar-refractivity contribution >= 4 is 6.09 Å². The molecular formula is C15H23F3N6O2. The smallest absolute Gasteiger partial charge is 0.409 e. The second kappa shape index (κ2) is 8.19. The molecule has 2 aliphatic rings. The molecule has 1 unspecified atom stereocenters. The third kappa shape index (κ3) is 5.05. The zero-order valence-corrected chi connectivity index (χ0v) is 14.5. The maximum atomic E-state index is 12.6. The third-order valence-electron chi connectivity index (χ3n) is 4.79. The topological polar surface area (TPSA) is 76.4 Å². The first kappa shape index (κ1) is 18.9. The number of carbonyl (C=O) groups is 1. The molecule has 1 atom stereocenters. The number of hydrogen-bond donors (Lipinski definition) is 0. The minimum Gasteiger partial charge on any atom is -0.448 e. The van der Waals surface area contributed by atoms with E-state index in [4.69, 9.17) is 4.74 Å². The molecule has 2 aliphatic heterocycles. The average molecular weight is 376 g/mol. The van der Waals surface area contributed by atoms with Gasteiger partial charge in [0.1, 0.15) is 13.2 Å². The zero-order chi connectivity index (χ0) is 18.6. The highest BCUT2D eigenvalue weighted by Crippen LogP contribution is 2.22. The van der Waals surface area contributed by atoms with Gasteiger partial charge in [0.25, 0.3) is 0 Å². The molecule has 0 saturated carbocycles. The summed E-state index contributed by atoms with van der Waals surface area (Å²) in [6, 6.07) is -0.0358. The molecule has 2 fully saturated rings. The number of carbonyl (C=O) groups excluding carboxylic acids is 1. The Morgan fingerprint density at radius 3 is 2.62 bits per heavy atom. The molecule has 0 bridgehead atoms. The highest BCUT2D eigenvalue weighted by Gasteiger charge is 2.32. The van der Waals surface area contributed by atoms with Crippen LogP contribution in [-0.2, 0) is 17.8 Å². The van der Waals surface area contributed by atoms with Crippen molar-refractivity contribution in [1.29, 1.82) is 0 Å². The van der Waals surface area contributed by atoms with Gasteiger partial charge < -0.3 is 9.64 Å². The summed E-state index contributed by atoms with van der Waals surface area (Å²) in [5.41, 5.74) is 0. The molecule has 8 nitrogen and oxygen atoms in total. The molecule has 1 amide bonds. The van der Waals surface area contributed by atoms with Crippen molar-refractivity contribution in [2.24, 2.45) is 0 Å². The highest BCUT2D eigenvalue weighted by atomic mass is 19.4. The van der Waals surface area contributed by atoms with Crippen LogP contribution >= 0.6 is 0 Å². The number of likely N-dealkylation sites (tertiary alicyclic amines) is 2. The van der Waals surface area contributed by atoms with E-state index in [2.05, 4.69) is 15.5 Å². The summed E-state index contributed by atoms with van der Waals surface area (Å²) in [5, 5.41) is 10.5. The van der Waals surface area contributed by atoms with E-state index < -0.39 is 12.7 Å². The van der Waals surface area contributed by atoms with E-state index in [0.717, 1.165) is 49.9 Å². The van der Waals surface area contributed by atoms with Crippen molar-refractivity contribution < 1.29 is 22.7 Å². The maximum Gasteiger partial charge on any atom is 0.409 e. The van der Waals surface area contributed by atoms with Crippen LogP contribution in [0.1, 0.15) is 37.9 Å². The van der Waals surface area contributed by atoms with E-state index in [9.17, 15) is 18.0 Å². The maximum absolute atomic E-state index is 12.6. The highest BCUT2D eigenvalue weighted by molar-refractivity contribution is 5.67. The fraction of sp³-hybridized carbons (Fsp3) is 0.867. The summed E-state index contributed by atoms with van der Waals surface area (Å²) >= 11 is 0. The van der Waals surface area contributed by atoms with Crippen LogP contribution in [0.3, 0.4) is 0 Å². The lowest BCUT2D eigenvalue weighted by Gasteiger charge is -2.35. The molecule has 0 aliphatic carbocycles. The summed E-state index contributed by atoms with van der Waals surface area (Å²) < 4.78 is 44.1. The van der Waals surface area contributed by atoms with Crippen LogP contribution in [0.15, 0.2) is 0 Å². The molecule has 0 N–H and O–H groups in total. The van der Waals surface area contributed by atoms with E-state index in [1.54, 1.807) is 4.90 Å². The summed E-state index contributed by atoms with van der Waals surface area (Å²) in [6.45, 7) is 1.38. The van der Waals surface area contributed by atoms with Gasteiger partial charge in [-0.05, 0) is 42.7 Å². The Hall–Kier alpha value is -1.91. The number of tetrazole rings is 1. The minimum atomic E-state index is -4.38. The summed E-state index contributed by atoms with van der Waals surface area (Å²) in [4.78, 5) is 15.7. The van der Waals surface area contributed by atoms with Crippen LogP contribution in [-0.4, -0.2) is 74.6 Å². The predicted molar refractivity (Wildman–Crippen MR) is 84.1 cm³/mol. The normalized spacial score (nSPS) is 22.0. The fourth-order valence-corrected chi connectivity index (χ4v) is 3.43. The molecule has 1 aromatic rings. The summed E-state index contributed by atoms with van der Waals surface area (Å²) in [7, 11) is 0. The largest absolute Gasteiger partial charge is 0.448 e. The predicted octanol–water partition coefficient (Wildman–Crippen LogP) is 1.82. The number of alkyl halides is 3. The van der Waals surface area contributed by atoms with Gasteiger partial charge in [0, 0.05) is 19.1 Å². The number of ether oxygens (including phenoxy) is 1. The van der Waals surface area contributed by atoms with Crippen LogP contribution in [0.5, 0.6) is 0 Å². The molecule has 11 heteroatoms. The lowest BCUT2D eigenvalue weighted by atomic mass is 10.0. The van der Waals surface area contributed by atoms with Crippen LogP contribution in [0.4, 0.5) is 18.0 Å². The lowest BCUT2D eigenvalue weighted by molar-refractivity contribution is -0.143. The Labute approximate surface area is 149 Å². The number of nitrogens with zero attached hydrogens (tertiary/aromatic N) is 6. The van der Waals surface area contributed by atoms with Gasteiger partial charge in [-0.3, -0.25) is 4.90 Å². The number of halogens is 3. The van der Waals surface area contributed by atoms with Crippen molar-refractivity contribution in [3.8, 4) is 0 Å². The van der Waals surface area contributed by atoms with Crippen molar-refractivity contribution in [3.05, 3.63) is 5.82 Å². The molecule has 0 radical (unpaired) electrons. The number of rotatable bonds is 5. The zero-order valence-electron chi connectivity index (χ0n) is 14.5. The molecule has 146 valence electrons. The monoisotopic (exact) mass is 376 g/mol. The van der Waals surface area contributed by atoms with Gasteiger partial charge in [0.15, 0.2) is 5.82 Å². The Morgan fingerprint density at radius 1 is 1.15 bits per heavy atom. The van der Waals surface area contributed by atoms with Crippen LogP contribution < -0.4 is 0 Å². The Balaban J connectivity index is 1.57. The van der Waals surface area contributed by atoms with E-state index in [1.807, 2.05) is 4.90 Å². The molecule has 26 heavy (non-hydrogen) atoms. The molecule has 2 saturated heterocycles. The number of amides is 1. The summed E-state index contributed by atoms with van der Waals surface area (Å²) in [5.74, 6) is 0.167. The first-order chi connectivity index (χ1) is 12.4. The molecular weight excluding hydrogens is 353 g/mol. The quantitative estimate of drug-likeness (QED) is 0.780. The van der Waals surface area contributed by atoms with Gasteiger partial charge in [-0.25, -0.2) is 9.48 Å². The molecule has 1 aromatic heterocycles. The fourth-order valence-electron chi connectivity index (χ4n) is 3.43. The average Bonchev–Trinajstić information content (AvgIpc) is 3.25. The Kier molecular flexibility index (Phi) is 5.94. The van der Waals surface area contributed by atoms with Gasteiger partial charge in [-0.2, -0.15) is 13.2 Å². The third-order valence-corrected chi connectivity index (χ3v) is 4.79. The standard InChI is InChI=1S/C15H23F3N6O2/c16-15(17,18)11-24-13(19-20-21-24)9-23-8-2-1-5-12(23)10-26-14(25)22-6-3-4-7-22/h12H,1-11H2. The van der Waals surface area contributed by atoms with E-state index in [-0.39, 0.29) is 31.1 Å². The second-order valence-electron chi connectivity index (χ2n) is 6.76. The van der Waals surface area contributed by atoms with Crippen LogP contribution in [0.2, 0.25) is 0 Å². The Morgan fingerprint density at radius 2 is 1.88 bits per heavy atom. The van der Waals surface area contributed by atoms with Crippen molar-refractivity contribution in [2.45, 2.75) is 57.4 Å². The number of hydrogen-bond acceptors (Lipinski definition) is 6. The minimum absolute atomic E-state index is 0.0358. The summed E-state index contributed by atoms with van der Waals surface area (Å²) in [6.07, 6.45) is 0.0619. The lowest BCUT2D eigenvalue weighted by Crippen LogP contribution is -2.44. The van der Waals surface area contributed by atoms with Gasteiger partial charge >= 0.3 is 12.3 Å². The molecule has 0 aromatic carbocycles. The first-order valence-corrected chi connectivity index (χ1v) is 8.90. The Bertz CT molecular complexity index is 602. The van der Waals surface area contributed by atoms with Gasteiger partial charge in [-0.1, -0.05) is 6.42 Å². The molecule has 0 spiro atoms. The molecule has 3 heterocycles. The van der Waals surface area contributed by atoms with Crippen molar-refractivity contribution in [2.75, 3.05) is 26.2 Å². The van der Waals surface area contributed by atoms with Crippen molar-refractivity contribution in [1.82, 2.24) is 30.0 Å². The van der Waals surface area contributed by atoms with E-state index >= 15 is 0 Å². The SMILES string of the molecule is O=C(OCC1CCCCN1Cc1nnnn1CC(F)(F)F)N1CCCC1. The second-order valence-corrected chi connectivity index (χ2v) is 6.76. The number of piperidine rings is 1. The first-order valence-electron chi connectivity index (χ1n) is 8.90. The van der Waals surface area contributed by atoms with Crippen molar-refractivity contribution in [3.63, 3.8) is 0 Å².